The van der Waals surface area contributed by atoms with E-state index in [1.807, 2.05) is 7.11 Å². The maximum Gasteiger partial charge on any atom is 0.209 e. The molecule has 0 amide bonds. The number of ether oxygens (including phenoxy) is 1. The normalized spacial score (nSPS) is 21.6. The lowest BCUT2D eigenvalue weighted by Crippen LogP contribution is -2.27. The molecule has 0 saturated heterocycles. The summed E-state index contributed by atoms with van der Waals surface area (Å²) < 4.78 is 8.49. The molecule has 204 valence electrons. The van der Waals surface area contributed by atoms with Crippen molar-refractivity contribution >= 4 is 17.1 Å². The summed E-state index contributed by atoms with van der Waals surface area (Å²) in [4.78, 5) is 2.47. The molecule has 5 rings (SSSR count). The van der Waals surface area contributed by atoms with Gasteiger partial charge in [-0.05, 0) is 95.4 Å². The zero-order valence-corrected chi connectivity index (χ0v) is 25.4. The third kappa shape index (κ3) is 4.40. The van der Waals surface area contributed by atoms with E-state index in [1.165, 1.54) is 56.2 Å². The number of anilines is 1. The van der Waals surface area contributed by atoms with E-state index in [1.54, 1.807) is 0 Å². The van der Waals surface area contributed by atoms with Gasteiger partial charge < -0.3 is 9.64 Å². The van der Waals surface area contributed by atoms with Crippen LogP contribution in [-0.2, 0) is 15.6 Å². The fraction of sp³-hybridized carbons (Fsp3) is 0.417. The van der Waals surface area contributed by atoms with E-state index in [4.69, 9.17) is 4.74 Å². The van der Waals surface area contributed by atoms with Crippen molar-refractivity contribution in [1.82, 2.24) is 0 Å². The molecule has 1 aliphatic carbocycles. The van der Waals surface area contributed by atoms with Crippen molar-refractivity contribution in [1.29, 1.82) is 0 Å². The molecule has 39 heavy (non-hydrogen) atoms. The molecule has 2 heterocycles. The molecule has 2 aromatic rings. The molecule has 0 fully saturated rings. The first-order valence-electron chi connectivity index (χ1n) is 14.6. The first-order valence-corrected chi connectivity index (χ1v) is 14.6. The Morgan fingerprint density at radius 1 is 0.872 bits per heavy atom. The molecule has 0 bridgehead atoms. The molecule has 0 aromatic heterocycles. The van der Waals surface area contributed by atoms with Crippen molar-refractivity contribution in [2.45, 2.75) is 79.1 Å². The van der Waals surface area contributed by atoms with E-state index < -0.39 is 0 Å². The average Bonchev–Trinajstić information content (AvgIpc) is 3.46. The van der Waals surface area contributed by atoms with Crippen LogP contribution in [0.4, 0.5) is 11.4 Å². The third-order valence-electron chi connectivity index (χ3n) is 9.06. The van der Waals surface area contributed by atoms with Crippen molar-refractivity contribution in [2.75, 3.05) is 25.1 Å². The molecule has 2 aromatic carbocycles. The smallest absolute Gasteiger partial charge is 0.209 e. The van der Waals surface area contributed by atoms with Crippen LogP contribution in [0.5, 0.6) is 0 Å². The van der Waals surface area contributed by atoms with E-state index in [2.05, 4.69) is 126 Å². The highest BCUT2D eigenvalue weighted by atomic mass is 16.5. The SMILES string of the molecule is CCN1/C(=C/C=C2\CCC(/C=C/C3=[N+](CC)c4ccc(C)cc4C3(C)C)=C2OC)C(C)(C)c2cc(C)ccc21. The molecule has 0 atom stereocenters. The number of aryl methyl sites for hydroxylation is 2. The second-order valence-corrected chi connectivity index (χ2v) is 12.3. The lowest BCUT2D eigenvalue weighted by Gasteiger charge is -2.26. The Morgan fingerprint density at radius 3 is 2.23 bits per heavy atom. The number of likely N-dealkylation sites (N-methyl/N-ethyl adjacent to an activating group) is 1. The van der Waals surface area contributed by atoms with Crippen LogP contribution in [0.25, 0.3) is 0 Å². The van der Waals surface area contributed by atoms with E-state index in [-0.39, 0.29) is 10.8 Å². The van der Waals surface area contributed by atoms with Crippen molar-refractivity contribution in [3.63, 3.8) is 0 Å². The first kappa shape index (κ1) is 27.2. The fourth-order valence-electron chi connectivity index (χ4n) is 6.90. The van der Waals surface area contributed by atoms with Gasteiger partial charge in [0.2, 0.25) is 5.69 Å². The summed E-state index contributed by atoms with van der Waals surface area (Å²) in [5, 5.41) is 0. The second-order valence-electron chi connectivity index (χ2n) is 12.3. The zero-order valence-electron chi connectivity index (χ0n) is 25.4. The molecule has 0 saturated carbocycles. The van der Waals surface area contributed by atoms with Gasteiger partial charge in [-0.2, -0.15) is 4.58 Å². The number of methoxy groups -OCH3 is 1. The summed E-state index contributed by atoms with van der Waals surface area (Å²) in [5.41, 5.74) is 13.3. The molecule has 3 nitrogen and oxygen atoms in total. The minimum Gasteiger partial charge on any atom is -0.496 e. The summed E-state index contributed by atoms with van der Waals surface area (Å²) >= 11 is 0. The Morgan fingerprint density at radius 2 is 1.56 bits per heavy atom. The number of hydrogen-bond donors (Lipinski definition) is 0. The van der Waals surface area contributed by atoms with Crippen LogP contribution < -0.4 is 4.90 Å². The van der Waals surface area contributed by atoms with Crippen LogP contribution >= 0.6 is 0 Å². The largest absolute Gasteiger partial charge is 0.496 e. The highest BCUT2D eigenvalue weighted by Gasteiger charge is 2.44. The monoisotopic (exact) mass is 521 g/mol. The van der Waals surface area contributed by atoms with Crippen LogP contribution in [-0.4, -0.2) is 30.5 Å². The standard InChI is InChI=1S/C36H45N2O/c1-10-37-30-18-12-24(3)22-28(30)35(5,6)32(37)20-16-26-14-15-27(34(26)39-9)17-21-33-36(7,8)29-23-25(4)13-19-31(29)38(33)11-2/h12-13,16-23H,10-11,14-15H2,1-9H3/q+1. The van der Waals surface area contributed by atoms with Crippen molar-refractivity contribution in [3.05, 3.63) is 106 Å². The Hall–Kier alpha value is -3.33. The summed E-state index contributed by atoms with van der Waals surface area (Å²) in [6.07, 6.45) is 11.3. The number of rotatable bonds is 6. The van der Waals surface area contributed by atoms with Gasteiger partial charge in [0, 0.05) is 41.1 Å². The first-order chi connectivity index (χ1) is 18.5. The van der Waals surface area contributed by atoms with Crippen LogP contribution in [0.1, 0.15) is 76.6 Å². The van der Waals surface area contributed by atoms with Crippen molar-refractivity contribution < 1.29 is 9.31 Å². The lowest BCUT2D eigenvalue weighted by atomic mass is 9.80. The van der Waals surface area contributed by atoms with Crippen LogP contribution in [0, 0.1) is 13.8 Å². The molecule has 0 unspecified atom stereocenters. The Labute approximate surface area is 235 Å². The number of allylic oxidation sites excluding steroid dienone is 7. The summed E-state index contributed by atoms with van der Waals surface area (Å²) in [5.74, 6) is 1.03. The average molecular weight is 522 g/mol. The molecule has 3 heteroatoms. The lowest BCUT2D eigenvalue weighted by molar-refractivity contribution is -0.433. The molecule has 0 radical (unpaired) electrons. The predicted molar refractivity (Wildman–Crippen MR) is 165 cm³/mol. The second kappa shape index (κ2) is 10.0. The van der Waals surface area contributed by atoms with E-state index >= 15 is 0 Å². The molecule has 2 aliphatic heterocycles. The van der Waals surface area contributed by atoms with Crippen LogP contribution in [0.15, 0.2) is 83.3 Å². The zero-order chi connectivity index (χ0) is 28.1. The molecular formula is C36H45N2O+. The quantitative estimate of drug-likeness (QED) is 0.354. The highest BCUT2D eigenvalue weighted by Crippen LogP contribution is 2.48. The Balaban J connectivity index is 1.49. The van der Waals surface area contributed by atoms with Gasteiger partial charge in [0.15, 0.2) is 5.71 Å². The van der Waals surface area contributed by atoms with Gasteiger partial charge in [0.05, 0.1) is 12.5 Å². The maximum absolute atomic E-state index is 6.03. The number of fused-ring (bicyclic) bond motifs is 2. The van der Waals surface area contributed by atoms with Gasteiger partial charge in [-0.3, -0.25) is 0 Å². The number of hydrogen-bond acceptors (Lipinski definition) is 2. The van der Waals surface area contributed by atoms with Crippen LogP contribution in [0.3, 0.4) is 0 Å². The highest BCUT2D eigenvalue weighted by molar-refractivity contribution is 6.03. The Kier molecular flexibility index (Phi) is 6.99. The van der Waals surface area contributed by atoms with Gasteiger partial charge in [-0.1, -0.05) is 49.2 Å². The van der Waals surface area contributed by atoms with Crippen LogP contribution in [0.2, 0.25) is 0 Å². The van der Waals surface area contributed by atoms with E-state index in [9.17, 15) is 0 Å². The number of benzene rings is 2. The topological polar surface area (TPSA) is 15.5 Å². The fourth-order valence-corrected chi connectivity index (χ4v) is 6.90. The van der Waals surface area contributed by atoms with Gasteiger partial charge in [0.1, 0.15) is 12.3 Å². The van der Waals surface area contributed by atoms with E-state index in [0.29, 0.717) is 0 Å². The van der Waals surface area contributed by atoms with Gasteiger partial charge in [-0.25, -0.2) is 0 Å². The third-order valence-corrected chi connectivity index (χ3v) is 9.06. The summed E-state index contributed by atoms with van der Waals surface area (Å²) in [6, 6.07) is 13.7. The molecule has 0 N–H and O–H groups in total. The molecule has 3 aliphatic rings. The number of nitrogens with zero attached hydrogens (tertiary/aromatic N) is 2. The molecular weight excluding hydrogens is 476 g/mol. The Bertz CT molecular complexity index is 1480. The summed E-state index contributed by atoms with van der Waals surface area (Å²) in [6.45, 7) is 20.2. The maximum atomic E-state index is 6.03. The van der Waals surface area contributed by atoms with Gasteiger partial charge in [-0.15, -0.1) is 0 Å². The van der Waals surface area contributed by atoms with Gasteiger partial charge >= 0.3 is 0 Å². The van der Waals surface area contributed by atoms with Crippen molar-refractivity contribution in [2.24, 2.45) is 0 Å². The van der Waals surface area contributed by atoms with Crippen molar-refractivity contribution in [3.8, 4) is 0 Å². The minimum absolute atomic E-state index is 0.0334. The predicted octanol–water partition coefficient (Wildman–Crippen LogP) is 8.58. The minimum atomic E-state index is -0.0334. The van der Waals surface area contributed by atoms with E-state index in [0.717, 1.165) is 31.7 Å². The van der Waals surface area contributed by atoms with Gasteiger partial charge in [0.25, 0.3) is 0 Å². The molecule has 0 spiro atoms. The summed E-state index contributed by atoms with van der Waals surface area (Å²) in [7, 11) is 1.82.